The van der Waals surface area contributed by atoms with Crippen LogP contribution in [0.4, 0.5) is 5.69 Å². The summed E-state index contributed by atoms with van der Waals surface area (Å²) >= 11 is 5.98. The molecular formula is C21H26ClNO. The van der Waals surface area contributed by atoms with E-state index in [2.05, 4.69) is 39.1 Å². The predicted octanol–water partition coefficient (Wildman–Crippen LogP) is 6.23. The molecule has 3 heteroatoms. The molecule has 0 spiro atoms. The van der Waals surface area contributed by atoms with Gasteiger partial charge in [0.25, 0.3) is 0 Å². The molecule has 0 saturated carbocycles. The Labute approximate surface area is 150 Å². The van der Waals surface area contributed by atoms with Gasteiger partial charge in [-0.25, -0.2) is 0 Å². The number of rotatable bonds is 6. The zero-order valence-corrected chi connectivity index (χ0v) is 15.6. The van der Waals surface area contributed by atoms with Gasteiger partial charge >= 0.3 is 0 Å². The molecule has 2 nitrogen and oxygen atoms in total. The van der Waals surface area contributed by atoms with Crippen LogP contribution >= 0.6 is 11.6 Å². The zero-order valence-electron chi connectivity index (χ0n) is 14.8. The van der Waals surface area contributed by atoms with Gasteiger partial charge in [-0.1, -0.05) is 69.6 Å². The SMILES string of the molecule is CC[C@@H](C)c1ccccc1NC(=O)[C@H](c1ccc(Cl)cc1)C(C)C. The second-order valence-corrected chi connectivity index (χ2v) is 7.10. The minimum Gasteiger partial charge on any atom is -0.325 e. The first-order valence-electron chi connectivity index (χ1n) is 8.59. The Bertz CT molecular complexity index is 678. The summed E-state index contributed by atoms with van der Waals surface area (Å²) in [6.45, 7) is 8.48. The van der Waals surface area contributed by atoms with Gasteiger partial charge in [0.1, 0.15) is 0 Å². The van der Waals surface area contributed by atoms with Crippen LogP contribution in [0, 0.1) is 5.92 Å². The number of carbonyl (C=O) groups excluding carboxylic acids is 1. The number of halogens is 1. The highest BCUT2D eigenvalue weighted by atomic mass is 35.5. The third-order valence-corrected chi connectivity index (χ3v) is 4.79. The van der Waals surface area contributed by atoms with Crippen LogP contribution in [-0.4, -0.2) is 5.91 Å². The standard InChI is InChI=1S/C21H26ClNO/c1-5-15(4)18-8-6-7-9-19(18)23-21(24)20(14(2)3)16-10-12-17(22)13-11-16/h6-15,20H,5H2,1-4H3,(H,23,24)/t15-,20+/m1/s1. The van der Waals surface area contributed by atoms with E-state index in [0.29, 0.717) is 10.9 Å². The fourth-order valence-corrected chi connectivity index (χ4v) is 3.11. The third-order valence-electron chi connectivity index (χ3n) is 4.54. The van der Waals surface area contributed by atoms with Gasteiger partial charge in [-0.2, -0.15) is 0 Å². The highest BCUT2D eigenvalue weighted by Gasteiger charge is 2.25. The van der Waals surface area contributed by atoms with Crippen molar-refractivity contribution in [2.75, 3.05) is 5.32 Å². The van der Waals surface area contributed by atoms with Gasteiger partial charge in [0.05, 0.1) is 5.92 Å². The lowest BCUT2D eigenvalue weighted by Crippen LogP contribution is -2.25. The summed E-state index contributed by atoms with van der Waals surface area (Å²) in [5.74, 6) is 0.437. The molecule has 2 atom stereocenters. The molecule has 2 aromatic carbocycles. The first kappa shape index (κ1) is 18.5. The third kappa shape index (κ3) is 4.39. The Morgan fingerprint density at radius 3 is 2.25 bits per heavy atom. The molecule has 0 radical (unpaired) electrons. The fraction of sp³-hybridized carbons (Fsp3) is 0.381. The van der Waals surface area contributed by atoms with Crippen LogP contribution in [0.15, 0.2) is 48.5 Å². The van der Waals surface area contributed by atoms with Crippen molar-refractivity contribution >= 4 is 23.2 Å². The molecule has 0 heterocycles. The van der Waals surface area contributed by atoms with Gasteiger partial charge in [0.2, 0.25) is 5.91 Å². The van der Waals surface area contributed by atoms with Crippen molar-refractivity contribution < 1.29 is 4.79 Å². The van der Waals surface area contributed by atoms with Crippen molar-refractivity contribution in [3.05, 3.63) is 64.7 Å². The lowest BCUT2D eigenvalue weighted by molar-refractivity contribution is -0.118. The van der Waals surface area contributed by atoms with Crippen molar-refractivity contribution in [2.45, 2.75) is 46.0 Å². The monoisotopic (exact) mass is 343 g/mol. The lowest BCUT2D eigenvalue weighted by atomic mass is 9.87. The number of hydrogen-bond donors (Lipinski definition) is 1. The number of amides is 1. The quantitative estimate of drug-likeness (QED) is 0.661. The van der Waals surface area contributed by atoms with E-state index in [9.17, 15) is 4.79 Å². The maximum absolute atomic E-state index is 13.0. The minimum atomic E-state index is -0.202. The van der Waals surface area contributed by atoms with Gasteiger partial charge < -0.3 is 5.32 Å². The topological polar surface area (TPSA) is 29.1 Å². The first-order chi connectivity index (χ1) is 11.4. The van der Waals surface area contributed by atoms with E-state index < -0.39 is 0 Å². The van der Waals surface area contributed by atoms with Crippen molar-refractivity contribution in [1.82, 2.24) is 0 Å². The van der Waals surface area contributed by atoms with Crippen LogP contribution in [0.5, 0.6) is 0 Å². The van der Waals surface area contributed by atoms with Crippen LogP contribution in [-0.2, 0) is 4.79 Å². The number of anilines is 1. The molecule has 2 rings (SSSR count). The van der Waals surface area contributed by atoms with Crippen molar-refractivity contribution in [3.8, 4) is 0 Å². The van der Waals surface area contributed by atoms with Gasteiger partial charge in [-0.3, -0.25) is 4.79 Å². The zero-order chi connectivity index (χ0) is 17.7. The molecule has 24 heavy (non-hydrogen) atoms. The molecule has 1 N–H and O–H groups in total. The number of carbonyl (C=O) groups is 1. The van der Waals surface area contributed by atoms with E-state index in [1.54, 1.807) is 0 Å². The molecule has 0 aromatic heterocycles. The van der Waals surface area contributed by atoms with Crippen molar-refractivity contribution in [1.29, 1.82) is 0 Å². The molecule has 0 aliphatic heterocycles. The van der Waals surface area contributed by atoms with Gasteiger partial charge in [-0.15, -0.1) is 0 Å². The van der Waals surface area contributed by atoms with E-state index in [4.69, 9.17) is 11.6 Å². The number of nitrogens with one attached hydrogen (secondary N) is 1. The Kier molecular flexibility index (Phi) is 6.44. The molecule has 0 fully saturated rings. The van der Waals surface area contributed by atoms with Gasteiger partial charge in [0.15, 0.2) is 0 Å². The molecule has 2 aromatic rings. The molecule has 0 aliphatic rings. The lowest BCUT2D eigenvalue weighted by Gasteiger charge is -2.23. The highest BCUT2D eigenvalue weighted by Crippen LogP contribution is 2.30. The van der Waals surface area contributed by atoms with Gasteiger partial charge in [-0.05, 0) is 47.6 Å². The Balaban J connectivity index is 2.28. The first-order valence-corrected chi connectivity index (χ1v) is 8.97. The molecule has 0 bridgehead atoms. The summed E-state index contributed by atoms with van der Waals surface area (Å²) < 4.78 is 0. The average molecular weight is 344 g/mol. The van der Waals surface area contributed by atoms with Crippen LogP contribution in [0.25, 0.3) is 0 Å². The minimum absolute atomic E-state index is 0.0306. The summed E-state index contributed by atoms with van der Waals surface area (Å²) in [7, 11) is 0. The van der Waals surface area contributed by atoms with E-state index in [-0.39, 0.29) is 17.7 Å². The van der Waals surface area contributed by atoms with E-state index in [1.165, 1.54) is 5.56 Å². The molecule has 128 valence electrons. The van der Waals surface area contributed by atoms with Crippen molar-refractivity contribution in [3.63, 3.8) is 0 Å². The van der Waals surface area contributed by atoms with Crippen molar-refractivity contribution in [2.24, 2.45) is 5.92 Å². The van der Waals surface area contributed by atoms with Crippen LogP contribution in [0.3, 0.4) is 0 Å². The summed E-state index contributed by atoms with van der Waals surface area (Å²) in [5, 5.41) is 3.83. The second kappa shape index (κ2) is 8.34. The maximum atomic E-state index is 13.0. The van der Waals surface area contributed by atoms with Crippen LogP contribution in [0.2, 0.25) is 5.02 Å². The Hall–Kier alpha value is -1.80. The normalized spacial score (nSPS) is 13.6. The van der Waals surface area contributed by atoms with Gasteiger partial charge in [0, 0.05) is 10.7 Å². The van der Waals surface area contributed by atoms with E-state index in [1.807, 2.05) is 42.5 Å². The Morgan fingerprint density at radius 1 is 1.04 bits per heavy atom. The van der Waals surface area contributed by atoms with E-state index >= 15 is 0 Å². The molecule has 0 aliphatic carbocycles. The maximum Gasteiger partial charge on any atom is 0.232 e. The summed E-state index contributed by atoms with van der Waals surface area (Å²) in [5.41, 5.74) is 3.09. The fourth-order valence-electron chi connectivity index (χ4n) is 2.98. The summed E-state index contributed by atoms with van der Waals surface area (Å²) in [4.78, 5) is 13.0. The molecular weight excluding hydrogens is 318 g/mol. The number of para-hydroxylation sites is 1. The average Bonchev–Trinajstić information content (AvgIpc) is 2.56. The summed E-state index contributed by atoms with van der Waals surface area (Å²) in [6.07, 6.45) is 1.04. The highest BCUT2D eigenvalue weighted by molar-refractivity contribution is 6.30. The number of hydrogen-bond acceptors (Lipinski definition) is 1. The molecule has 0 unspecified atom stereocenters. The smallest absolute Gasteiger partial charge is 0.232 e. The summed E-state index contributed by atoms with van der Waals surface area (Å²) in [6, 6.07) is 15.6. The number of benzene rings is 2. The second-order valence-electron chi connectivity index (χ2n) is 6.66. The van der Waals surface area contributed by atoms with E-state index in [0.717, 1.165) is 17.7 Å². The van der Waals surface area contributed by atoms with Crippen LogP contribution < -0.4 is 5.32 Å². The molecule has 1 amide bonds. The Morgan fingerprint density at radius 2 is 1.67 bits per heavy atom. The van der Waals surface area contributed by atoms with Crippen LogP contribution in [0.1, 0.15) is 57.1 Å². The largest absolute Gasteiger partial charge is 0.325 e. The predicted molar refractivity (Wildman–Crippen MR) is 103 cm³/mol. The molecule has 0 saturated heterocycles.